The molecule has 1 aromatic carbocycles. The summed E-state index contributed by atoms with van der Waals surface area (Å²) in [6.07, 6.45) is -2.03. The van der Waals surface area contributed by atoms with Crippen molar-refractivity contribution < 1.29 is 23.0 Å². The van der Waals surface area contributed by atoms with Gasteiger partial charge >= 0.3 is 6.29 Å². The van der Waals surface area contributed by atoms with Crippen molar-refractivity contribution in [3.8, 4) is 11.5 Å². The van der Waals surface area contributed by atoms with Crippen LogP contribution in [0.5, 0.6) is 11.5 Å². The molecule has 2 aromatic rings. The van der Waals surface area contributed by atoms with Crippen LogP contribution in [-0.4, -0.2) is 22.5 Å². The number of hydrogen-bond donors (Lipinski definition) is 1. The second-order valence-electron chi connectivity index (χ2n) is 4.00. The van der Waals surface area contributed by atoms with Crippen LogP contribution in [0.4, 0.5) is 20.3 Å². The Labute approximate surface area is 121 Å². The number of anilines is 2. The molecule has 1 N–H and O–H groups in total. The van der Waals surface area contributed by atoms with Crippen molar-refractivity contribution >= 4 is 29.4 Å². The van der Waals surface area contributed by atoms with Crippen LogP contribution in [0.25, 0.3) is 0 Å². The molecule has 1 aliphatic heterocycles. The number of rotatable bonds is 3. The predicted octanol–water partition coefficient (Wildman–Crippen LogP) is 3.01. The maximum atomic E-state index is 12.9. The van der Waals surface area contributed by atoms with Gasteiger partial charge in [-0.2, -0.15) is 0 Å². The summed E-state index contributed by atoms with van der Waals surface area (Å²) in [6, 6.07) is 4.07. The third-order valence-electron chi connectivity index (χ3n) is 2.62. The Hall–Kier alpha value is -2.48. The number of nitrogens with one attached hydrogen (secondary N) is 1. The van der Waals surface area contributed by atoms with Crippen molar-refractivity contribution in [3.05, 3.63) is 35.2 Å². The number of fused-ring (bicyclic) bond motifs is 1. The van der Waals surface area contributed by atoms with E-state index in [0.717, 1.165) is 0 Å². The maximum Gasteiger partial charge on any atom is 0.586 e. The van der Waals surface area contributed by atoms with Gasteiger partial charge < -0.3 is 14.8 Å². The Morgan fingerprint density at radius 2 is 2.00 bits per heavy atom. The summed E-state index contributed by atoms with van der Waals surface area (Å²) in [5.74, 6) is -0.0599. The van der Waals surface area contributed by atoms with Crippen molar-refractivity contribution in [1.82, 2.24) is 9.97 Å². The maximum absolute atomic E-state index is 12.9. The number of aromatic nitrogens is 2. The summed E-state index contributed by atoms with van der Waals surface area (Å²) in [5, 5.41) is 2.76. The number of aldehydes is 1. The van der Waals surface area contributed by atoms with Gasteiger partial charge in [0.25, 0.3) is 0 Å². The summed E-state index contributed by atoms with van der Waals surface area (Å²) in [7, 11) is 0. The minimum atomic E-state index is -3.69. The van der Waals surface area contributed by atoms with Crippen LogP contribution in [0.15, 0.2) is 24.5 Å². The average molecular weight is 314 g/mol. The molecule has 0 atom stereocenters. The fourth-order valence-corrected chi connectivity index (χ4v) is 1.92. The summed E-state index contributed by atoms with van der Waals surface area (Å²) in [6.45, 7) is 0. The molecule has 0 saturated heterocycles. The molecule has 1 aromatic heterocycles. The van der Waals surface area contributed by atoms with Crippen LogP contribution in [-0.2, 0) is 0 Å². The van der Waals surface area contributed by atoms with Crippen LogP contribution in [0.3, 0.4) is 0 Å². The molecule has 1 aliphatic rings. The molecule has 0 radical (unpaired) electrons. The Morgan fingerprint density at radius 3 is 2.76 bits per heavy atom. The van der Waals surface area contributed by atoms with Crippen LogP contribution in [0.1, 0.15) is 10.4 Å². The lowest BCUT2D eigenvalue weighted by atomic mass is 10.2. The van der Waals surface area contributed by atoms with E-state index in [9.17, 15) is 13.6 Å². The second-order valence-corrected chi connectivity index (χ2v) is 4.36. The SMILES string of the molecule is O=Cc1c(Cl)ncnc1Nc1ccc2c(c1)OC(F)(F)O2. The van der Waals surface area contributed by atoms with Crippen molar-refractivity contribution in [2.24, 2.45) is 0 Å². The number of hydrogen-bond acceptors (Lipinski definition) is 6. The molecule has 9 heteroatoms. The highest BCUT2D eigenvalue weighted by molar-refractivity contribution is 6.32. The van der Waals surface area contributed by atoms with Gasteiger partial charge in [-0.15, -0.1) is 8.78 Å². The average Bonchev–Trinajstić information content (AvgIpc) is 2.72. The molecular weight excluding hydrogens is 308 g/mol. The summed E-state index contributed by atoms with van der Waals surface area (Å²) >= 11 is 5.76. The van der Waals surface area contributed by atoms with Crippen molar-refractivity contribution in [3.63, 3.8) is 0 Å². The molecule has 0 unspecified atom stereocenters. The fraction of sp³-hybridized carbons (Fsp3) is 0.0833. The van der Waals surface area contributed by atoms with Gasteiger partial charge in [0.15, 0.2) is 17.8 Å². The summed E-state index contributed by atoms with van der Waals surface area (Å²) in [5.41, 5.74) is 0.426. The Kier molecular flexibility index (Phi) is 3.09. The van der Waals surface area contributed by atoms with Gasteiger partial charge in [-0.25, -0.2) is 9.97 Å². The first-order valence-corrected chi connectivity index (χ1v) is 5.99. The van der Waals surface area contributed by atoms with E-state index in [1.807, 2.05) is 0 Å². The molecule has 21 heavy (non-hydrogen) atoms. The highest BCUT2D eigenvalue weighted by Crippen LogP contribution is 2.42. The minimum Gasteiger partial charge on any atom is -0.395 e. The van der Waals surface area contributed by atoms with Crippen LogP contribution >= 0.6 is 11.6 Å². The van der Waals surface area contributed by atoms with E-state index in [1.54, 1.807) is 0 Å². The van der Waals surface area contributed by atoms with Crippen LogP contribution in [0.2, 0.25) is 5.15 Å². The van der Waals surface area contributed by atoms with Gasteiger partial charge in [0.2, 0.25) is 0 Å². The third-order valence-corrected chi connectivity index (χ3v) is 2.92. The first kappa shape index (κ1) is 13.5. The Bertz CT molecular complexity index is 727. The van der Waals surface area contributed by atoms with E-state index < -0.39 is 6.29 Å². The number of alkyl halides is 2. The van der Waals surface area contributed by atoms with Gasteiger partial charge in [0.1, 0.15) is 17.3 Å². The quantitative estimate of drug-likeness (QED) is 0.693. The van der Waals surface area contributed by atoms with Gasteiger partial charge in [-0.3, -0.25) is 4.79 Å². The normalized spacial score (nSPS) is 14.8. The molecule has 0 fully saturated rings. The molecule has 2 heterocycles. The van der Waals surface area contributed by atoms with E-state index in [4.69, 9.17) is 11.6 Å². The minimum absolute atomic E-state index is 0.0187. The molecule has 0 spiro atoms. The lowest BCUT2D eigenvalue weighted by Crippen LogP contribution is -2.25. The van der Waals surface area contributed by atoms with Crippen LogP contribution < -0.4 is 14.8 Å². The monoisotopic (exact) mass is 313 g/mol. The van der Waals surface area contributed by atoms with Gasteiger partial charge in [-0.05, 0) is 12.1 Å². The highest BCUT2D eigenvalue weighted by atomic mass is 35.5. The zero-order chi connectivity index (χ0) is 15.0. The zero-order valence-corrected chi connectivity index (χ0v) is 10.9. The summed E-state index contributed by atoms with van der Waals surface area (Å²) < 4.78 is 34.4. The lowest BCUT2D eigenvalue weighted by molar-refractivity contribution is -0.286. The number of carbonyl (C=O) groups is 1. The van der Waals surface area contributed by atoms with Gasteiger partial charge in [0, 0.05) is 11.8 Å². The number of benzene rings is 1. The second kappa shape index (κ2) is 4.81. The fourth-order valence-electron chi connectivity index (χ4n) is 1.74. The van der Waals surface area contributed by atoms with Crippen molar-refractivity contribution in [2.45, 2.75) is 6.29 Å². The molecule has 0 aliphatic carbocycles. The van der Waals surface area contributed by atoms with E-state index >= 15 is 0 Å². The molecule has 0 bridgehead atoms. The third kappa shape index (κ3) is 2.57. The van der Waals surface area contributed by atoms with E-state index in [0.29, 0.717) is 12.0 Å². The van der Waals surface area contributed by atoms with Crippen LogP contribution in [0, 0.1) is 0 Å². The Balaban J connectivity index is 1.91. The lowest BCUT2D eigenvalue weighted by Gasteiger charge is -2.08. The number of nitrogens with zero attached hydrogens (tertiary/aromatic N) is 2. The predicted molar refractivity (Wildman–Crippen MR) is 68.4 cm³/mol. The van der Waals surface area contributed by atoms with Gasteiger partial charge in [-0.1, -0.05) is 11.6 Å². The molecule has 108 valence electrons. The first-order chi connectivity index (χ1) is 9.98. The zero-order valence-electron chi connectivity index (χ0n) is 10.1. The Morgan fingerprint density at radius 1 is 1.24 bits per heavy atom. The molecule has 0 amide bonds. The van der Waals surface area contributed by atoms with Gasteiger partial charge in [0.05, 0.1) is 5.56 Å². The largest absolute Gasteiger partial charge is 0.586 e. The molecule has 3 rings (SSSR count). The molecule has 0 saturated carbocycles. The molecular formula is C12H6ClF2N3O3. The number of ether oxygens (including phenoxy) is 2. The standard InChI is InChI=1S/C12H6ClF2N3O3/c13-10-7(4-19)11(17-5-16-10)18-6-1-2-8-9(3-6)21-12(14,15)20-8/h1-5H,(H,16,17,18). The number of halogens is 3. The molecule has 6 nitrogen and oxygen atoms in total. The van der Waals surface area contributed by atoms with E-state index in [1.165, 1.54) is 24.5 Å². The van der Waals surface area contributed by atoms with E-state index in [2.05, 4.69) is 24.8 Å². The topological polar surface area (TPSA) is 73.3 Å². The summed E-state index contributed by atoms with van der Waals surface area (Å²) in [4.78, 5) is 18.5. The van der Waals surface area contributed by atoms with Crippen molar-refractivity contribution in [1.29, 1.82) is 0 Å². The highest BCUT2D eigenvalue weighted by Gasteiger charge is 2.43. The first-order valence-electron chi connectivity index (χ1n) is 5.61. The smallest absolute Gasteiger partial charge is 0.395 e. The van der Waals surface area contributed by atoms with E-state index in [-0.39, 0.29) is 28.0 Å². The van der Waals surface area contributed by atoms with Crippen molar-refractivity contribution in [2.75, 3.05) is 5.32 Å². The number of carbonyl (C=O) groups excluding carboxylic acids is 1.